The van der Waals surface area contributed by atoms with Crippen LogP contribution in [0.4, 0.5) is 0 Å². The lowest BCUT2D eigenvalue weighted by atomic mass is 10.1. The minimum atomic E-state index is 0.0633. The van der Waals surface area contributed by atoms with E-state index in [4.69, 9.17) is 14.2 Å². The van der Waals surface area contributed by atoms with Crippen molar-refractivity contribution in [2.24, 2.45) is 0 Å². The average molecular weight is 264 g/mol. The summed E-state index contributed by atoms with van der Waals surface area (Å²) in [5, 5.41) is 0. The van der Waals surface area contributed by atoms with Gasteiger partial charge in [-0.2, -0.15) is 0 Å². The molecule has 0 aromatic heterocycles. The van der Waals surface area contributed by atoms with Crippen LogP contribution in [-0.4, -0.2) is 25.9 Å². The molecule has 1 aliphatic rings. The van der Waals surface area contributed by atoms with Crippen LogP contribution in [0.15, 0.2) is 24.3 Å². The number of benzene rings is 1. The highest BCUT2D eigenvalue weighted by atomic mass is 16.6. The van der Waals surface area contributed by atoms with Crippen LogP contribution in [0.3, 0.4) is 0 Å². The van der Waals surface area contributed by atoms with Crippen molar-refractivity contribution in [3.8, 4) is 5.75 Å². The summed E-state index contributed by atoms with van der Waals surface area (Å²) in [6, 6.07) is 8.15. The lowest BCUT2D eigenvalue weighted by Crippen LogP contribution is -2.30. The minimum absolute atomic E-state index is 0.0633. The lowest BCUT2D eigenvalue weighted by molar-refractivity contribution is -0.137. The van der Waals surface area contributed by atoms with E-state index in [2.05, 4.69) is 26.0 Å². The Hall–Kier alpha value is -1.06. The molecule has 0 N–H and O–H groups in total. The quantitative estimate of drug-likeness (QED) is 0.783. The SMILES string of the molecule is CCCOc1ccc([C@H]2CO[C@H](CCC)CO2)cc1. The van der Waals surface area contributed by atoms with Crippen LogP contribution in [0.5, 0.6) is 5.75 Å². The Labute approximate surface area is 115 Å². The van der Waals surface area contributed by atoms with E-state index >= 15 is 0 Å². The molecule has 0 aliphatic carbocycles. The van der Waals surface area contributed by atoms with E-state index < -0.39 is 0 Å². The molecule has 2 atom stereocenters. The number of hydrogen-bond donors (Lipinski definition) is 0. The van der Waals surface area contributed by atoms with Crippen LogP contribution < -0.4 is 4.74 Å². The van der Waals surface area contributed by atoms with Gasteiger partial charge in [0.2, 0.25) is 0 Å². The monoisotopic (exact) mass is 264 g/mol. The fourth-order valence-electron chi connectivity index (χ4n) is 2.22. The van der Waals surface area contributed by atoms with Gasteiger partial charge in [-0.3, -0.25) is 0 Å². The van der Waals surface area contributed by atoms with Crippen LogP contribution >= 0.6 is 0 Å². The first-order valence-corrected chi connectivity index (χ1v) is 7.29. The van der Waals surface area contributed by atoms with Crippen LogP contribution in [0.2, 0.25) is 0 Å². The Morgan fingerprint density at radius 1 is 1.05 bits per heavy atom. The van der Waals surface area contributed by atoms with Crippen molar-refractivity contribution in [2.45, 2.75) is 45.3 Å². The molecule has 1 fully saturated rings. The predicted octanol–water partition coefficient (Wildman–Crippen LogP) is 3.73. The number of hydrogen-bond acceptors (Lipinski definition) is 3. The molecular formula is C16H24O3. The molecule has 1 aromatic rings. The topological polar surface area (TPSA) is 27.7 Å². The Morgan fingerprint density at radius 3 is 2.42 bits per heavy atom. The molecule has 1 aliphatic heterocycles. The molecule has 3 heteroatoms. The van der Waals surface area contributed by atoms with Crippen molar-refractivity contribution in [1.82, 2.24) is 0 Å². The van der Waals surface area contributed by atoms with Gasteiger partial charge in [0, 0.05) is 0 Å². The normalized spacial score (nSPS) is 23.3. The molecule has 1 aromatic carbocycles. The van der Waals surface area contributed by atoms with Gasteiger partial charge in [-0.05, 0) is 30.5 Å². The third-order valence-electron chi connectivity index (χ3n) is 3.30. The maximum atomic E-state index is 5.88. The molecule has 0 saturated carbocycles. The van der Waals surface area contributed by atoms with E-state index in [0.29, 0.717) is 13.2 Å². The summed E-state index contributed by atoms with van der Waals surface area (Å²) in [6.07, 6.45) is 3.58. The zero-order valence-corrected chi connectivity index (χ0v) is 11.9. The summed E-state index contributed by atoms with van der Waals surface area (Å²) in [7, 11) is 0. The fraction of sp³-hybridized carbons (Fsp3) is 0.625. The van der Waals surface area contributed by atoms with E-state index in [1.165, 1.54) is 5.56 Å². The van der Waals surface area contributed by atoms with Crippen LogP contribution in [0, 0.1) is 0 Å². The first kappa shape index (κ1) is 14.4. The van der Waals surface area contributed by atoms with Crippen molar-refractivity contribution in [2.75, 3.05) is 19.8 Å². The first-order chi connectivity index (χ1) is 9.33. The molecule has 0 unspecified atom stereocenters. The summed E-state index contributed by atoms with van der Waals surface area (Å²) < 4.78 is 17.3. The van der Waals surface area contributed by atoms with Gasteiger partial charge in [0.1, 0.15) is 11.9 Å². The average Bonchev–Trinajstić information content (AvgIpc) is 2.47. The third kappa shape index (κ3) is 4.22. The predicted molar refractivity (Wildman–Crippen MR) is 75.6 cm³/mol. The number of rotatable bonds is 6. The molecule has 0 spiro atoms. The summed E-state index contributed by atoms with van der Waals surface area (Å²) in [4.78, 5) is 0. The van der Waals surface area contributed by atoms with Gasteiger partial charge in [-0.25, -0.2) is 0 Å². The van der Waals surface area contributed by atoms with Crippen molar-refractivity contribution < 1.29 is 14.2 Å². The fourth-order valence-corrected chi connectivity index (χ4v) is 2.22. The molecule has 3 nitrogen and oxygen atoms in total. The summed E-state index contributed by atoms with van der Waals surface area (Å²) in [5.74, 6) is 0.922. The molecule has 0 bridgehead atoms. The summed E-state index contributed by atoms with van der Waals surface area (Å²) >= 11 is 0. The van der Waals surface area contributed by atoms with Gasteiger partial charge in [-0.1, -0.05) is 32.4 Å². The van der Waals surface area contributed by atoms with Gasteiger partial charge in [-0.15, -0.1) is 0 Å². The van der Waals surface area contributed by atoms with Crippen molar-refractivity contribution in [1.29, 1.82) is 0 Å². The molecule has 0 amide bonds. The van der Waals surface area contributed by atoms with Gasteiger partial charge in [0.05, 0.1) is 25.9 Å². The highest BCUT2D eigenvalue weighted by Gasteiger charge is 2.22. The Kier molecular flexibility index (Phi) is 5.67. The Morgan fingerprint density at radius 2 is 1.84 bits per heavy atom. The highest BCUT2D eigenvalue weighted by molar-refractivity contribution is 5.28. The second-order valence-corrected chi connectivity index (χ2v) is 4.98. The maximum absolute atomic E-state index is 5.88. The van der Waals surface area contributed by atoms with Crippen LogP contribution in [0.25, 0.3) is 0 Å². The van der Waals surface area contributed by atoms with Crippen LogP contribution in [0.1, 0.15) is 44.8 Å². The zero-order valence-electron chi connectivity index (χ0n) is 11.9. The molecule has 2 rings (SSSR count). The molecular weight excluding hydrogens is 240 g/mol. The van der Waals surface area contributed by atoms with E-state index in [1.807, 2.05) is 12.1 Å². The van der Waals surface area contributed by atoms with E-state index in [-0.39, 0.29) is 12.2 Å². The lowest BCUT2D eigenvalue weighted by Gasteiger charge is -2.29. The standard InChI is InChI=1S/C16H24O3/c1-3-5-15-11-19-16(12-18-15)13-6-8-14(9-7-13)17-10-4-2/h6-9,15-16H,3-5,10-12H2,1-2H3/t15-,16-/m1/s1. The van der Waals surface area contributed by atoms with Crippen LogP contribution in [-0.2, 0) is 9.47 Å². The van der Waals surface area contributed by atoms with Crippen molar-refractivity contribution >= 4 is 0 Å². The second kappa shape index (κ2) is 7.51. The van der Waals surface area contributed by atoms with Crippen molar-refractivity contribution in [3.63, 3.8) is 0 Å². The second-order valence-electron chi connectivity index (χ2n) is 4.98. The van der Waals surface area contributed by atoms with Crippen molar-refractivity contribution in [3.05, 3.63) is 29.8 Å². The zero-order chi connectivity index (χ0) is 13.5. The third-order valence-corrected chi connectivity index (χ3v) is 3.30. The van der Waals surface area contributed by atoms with Gasteiger partial charge < -0.3 is 14.2 Å². The maximum Gasteiger partial charge on any atom is 0.119 e. The molecule has 1 saturated heterocycles. The number of ether oxygens (including phenoxy) is 3. The Bertz CT molecular complexity index is 353. The molecule has 19 heavy (non-hydrogen) atoms. The first-order valence-electron chi connectivity index (χ1n) is 7.29. The van der Waals surface area contributed by atoms with Gasteiger partial charge >= 0.3 is 0 Å². The van der Waals surface area contributed by atoms with Gasteiger partial charge in [0.15, 0.2) is 0 Å². The Balaban J connectivity index is 1.85. The molecule has 0 radical (unpaired) electrons. The van der Waals surface area contributed by atoms with E-state index in [9.17, 15) is 0 Å². The smallest absolute Gasteiger partial charge is 0.119 e. The largest absolute Gasteiger partial charge is 0.494 e. The molecule has 106 valence electrons. The van der Waals surface area contributed by atoms with Gasteiger partial charge in [0.25, 0.3) is 0 Å². The minimum Gasteiger partial charge on any atom is -0.494 e. The summed E-state index contributed by atoms with van der Waals surface area (Å²) in [5.41, 5.74) is 1.17. The van der Waals surface area contributed by atoms with E-state index in [0.717, 1.165) is 31.6 Å². The molecule has 1 heterocycles. The van der Waals surface area contributed by atoms with E-state index in [1.54, 1.807) is 0 Å². The highest BCUT2D eigenvalue weighted by Crippen LogP contribution is 2.25. The summed E-state index contributed by atoms with van der Waals surface area (Å²) in [6.45, 7) is 6.40.